The summed E-state index contributed by atoms with van der Waals surface area (Å²) in [6.07, 6.45) is -9.62. The third-order valence-corrected chi connectivity index (χ3v) is 3.54. The third kappa shape index (κ3) is 33.8. The number of hydrogen-bond donors (Lipinski definition) is 0. The largest absolute Gasteiger partial charge is 0.0623 e. The average Bonchev–Trinajstić information content (AvgIpc) is 2.89. The van der Waals surface area contributed by atoms with Crippen molar-refractivity contribution in [1.82, 2.24) is 0 Å². The van der Waals surface area contributed by atoms with Gasteiger partial charge in [0, 0.05) is 44.8 Å². The Morgan fingerprint density at radius 1 is 0.628 bits per heavy atom. The topological polar surface area (TPSA) is 51.2 Å². The smallest absolute Gasteiger partial charge is 0.0623 e. The molecule has 0 saturated heterocycles. The van der Waals surface area contributed by atoms with E-state index in [4.69, 9.17) is 41.9 Å². The fourth-order valence-electron chi connectivity index (χ4n) is 1.93. The van der Waals surface area contributed by atoms with E-state index in [1.54, 1.807) is 6.07 Å². The summed E-state index contributed by atoms with van der Waals surface area (Å²) < 4.78 is 71.0. The second-order valence-corrected chi connectivity index (χ2v) is 12.7. The van der Waals surface area contributed by atoms with Gasteiger partial charge >= 0.3 is 53.8 Å². The summed E-state index contributed by atoms with van der Waals surface area (Å²) in [7, 11) is 22.9. The van der Waals surface area contributed by atoms with Crippen LogP contribution < -0.4 is 0 Å². The van der Waals surface area contributed by atoms with E-state index in [1.807, 2.05) is 36.4 Å². The van der Waals surface area contributed by atoms with Crippen LogP contribution in [0.25, 0.3) is 0 Å². The second kappa shape index (κ2) is 29.8. The van der Waals surface area contributed by atoms with Crippen LogP contribution in [-0.2, 0) is 16.0 Å². The van der Waals surface area contributed by atoms with E-state index in [0.29, 0.717) is 0 Å². The van der Waals surface area contributed by atoms with Gasteiger partial charge < -0.3 is 0 Å². The molecule has 0 spiro atoms. The second-order valence-electron chi connectivity index (χ2n) is 6.31. The van der Waals surface area contributed by atoms with Crippen LogP contribution in [0.2, 0.25) is 5.02 Å². The standard InChI is InChI=1S/C8H4ClF3O.C8H5F3O.C6H6.C2H3ClO.CH4.Cl2.4ClH.Fe/c9-6-3-1-2-5(4-6)7(13)8(10,11)12;9-8(10,11)7(12)6-4-2-1-3-5-6;1-2-4-6-5-3-1;1-2(3)4;;1-2;;;;;/h1-4H;1-5H;1-6H;1H3;1H4;;4*1H;/q;;;;;;;;;;+3/p-3. The predicted molar refractivity (Wildman–Crippen MR) is 165 cm³/mol. The van der Waals surface area contributed by atoms with E-state index in [2.05, 4.69) is 33.3 Å². The molecule has 43 heavy (non-hydrogen) atoms. The number of alkyl halides is 6. The molecule has 0 fully saturated rings. The first-order valence-corrected chi connectivity index (χ1v) is 16.4. The zero-order valence-corrected chi connectivity index (χ0v) is 27.8. The van der Waals surface area contributed by atoms with Crippen molar-refractivity contribution in [3.8, 4) is 0 Å². The number of carbonyl (C=O) groups excluding carboxylic acids is 3. The maximum atomic E-state index is 11.9. The minimum absolute atomic E-state index is 0. The Bertz CT molecular complexity index is 1090. The van der Waals surface area contributed by atoms with Crippen molar-refractivity contribution in [2.45, 2.75) is 26.7 Å². The van der Waals surface area contributed by atoms with Crippen LogP contribution in [-0.4, -0.2) is 29.2 Å². The fraction of sp³-hybridized carbons (Fsp3) is 0.160. The molecule has 0 heterocycles. The van der Waals surface area contributed by atoms with Crippen molar-refractivity contribution >= 4 is 104 Å². The molecule has 0 bridgehead atoms. The molecular formula is C25H23Cl8F6FeO3. The van der Waals surface area contributed by atoms with E-state index in [1.165, 1.54) is 31.2 Å². The van der Waals surface area contributed by atoms with Gasteiger partial charge in [-0.05, 0) is 23.7 Å². The Morgan fingerprint density at radius 2 is 0.884 bits per heavy atom. The maximum Gasteiger partial charge on any atom is -0.0623 e. The minimum Gasteiger partial charge on any atom is -0.0623 e. The van der Waals surface area contributed by atoms with E-state index < -0.39 is 40.6 Å². The Hall–Kier alpha value is -0.911. The van der Waals surface area contributed by atoms with E-state index >= 15 is 0 Å². The first-order chi connectivity index (χ1) is 18.9. The monoisotopic (exact) mass is 821 g/mol. The zero-order chi connectivity index (χ0) is 32.6. The Morgan fingerprint density at radius 3 is 1.16 bits per heavy atom. The van der Waals surface area contributed by atoms with Crippen molar-refractivity contribution in [1.29, 1.82) is 0 Å². The van der Waals surface area contributed by atoms with Crippen LogP contribution in [0, 0.1) is 0 Å². The van der Waals surface area contributed by atoms with Gasteiger partial charge in [-0.25, -0.2) is 0 Å². The van der Waals surface area contributed by atoms with Crippen LogP contribution in [0.15, 0.2) is 91.0 Å². The Balaban J connectivity index is -0.000000147. The van der Waals surface area contributed by atoms with Gasteiger partial charge in [0.2, 0.25) is 5.24 Å². The van der Waals surface area contributed by atoms with Gasteiger partial charge in [0.1, 0.15) is 0 Å². The summed E-state index contributed by atoms with van der Waals surface area (Å²) in [5.74, 6) is -3.68. The van der Waals surface area contributed by atoms with Crippen molar-refractivity contribution in [3.05, 3.63) is 107 Å². The number of benzene rings is 3. The summed E-state index contributed by atoms with van der Waals surface area (Å²) in [6.45, 7) is 1.29. The molecule has 0 saturated carbocycles. The average molecular weight is 825 g/mol. The normalized spacial score (nSPS) is 9.49. The van der Waals surface area contributed by atoms with Crippen LogP contribution in [0.1, 0.15) is 35.1 Å². The molecule has 3 aromatic rings. The SMILES string of the molecule is C.CC(=O)Cl.Cl.ClCl.O=C(c1cccc(Cl)c1)C(F)(F)F.O=C(c1ccccc1)C(F)(F)F.[Cl][Fe]([Cl])[Cl].c1ccccc1. The molecule has 247 valence electrons. The van der Waals surface area contributed by atoms with Gasteiger partial charge in [0.25, 0.3) is 11.6 Å². The minimum atomic E-state index is -4.84. The predicted octanol–water partition coefficient (Wildman–Crippen LogP) is 12.5. The molecule has 0 aliphatic heterocycles. The van der Waals surface area contributed by atoms with Crippen molar-refractivity contribution < 1.29 is 51.9 Å². The molecule has 0 aliphatic carbocycles. The summed E-state index contributed by atoms with van der Waals surface area (Å²) in [5, 5.41) is -0.255. The van der Waals surface area contributed by atoms with Gasteiger partial charge in [-0.3, -0.25) is 14.4 Å². The first kappa shape index (κ1) is 51.7. The zero-order valence-electron chi connectivity index (χ0n) is 20.6. The molecule has 0 aliphatic rings. The number of hydrogen-bond acceptors (Lipinski definition) is 3. The molecule has 18 heteroatoms. The molecule has 3 aromatic carbocycles. The van der Waals surface area contributed by atoms with Gasteiger partial charge in [-0.2, -0.15) is 26.3 Å². The molecule has 0 radical (unpaired) electrons. The molecule has 3 nitrogen and oxygen atoms in total. The number of ketones is 2. The van der Waals surface area contributed by atoms with Crippen LogP contribution in [0.4, 0.5) is 26.3 Å². The molecule has 0 aromatic heterocycles. The molecular weight excluding hydrogens is 802 g/mol. The summed E-state index contributed by atoms with van der Waals surface area (Å²) >= 11 is 8.72. The molecule has 0 amide bonds. The number of rotatable bonds is 2. The Labute approximate surface area is 288 Å². The van der Waals surface area contributed by atoms with Gasteiger partial charge in [0.05, 0.1) is 0 Å². The maximum absolute atomic E-state index is 11.9. The number of Topliss-reactive ketones (excluding diaryl/α,β-unsaturated/α-hetero) is 2. The quantitative estimate of drug-likeness (QED) is 0.112. The van der Waals surface area contributed by atoms with Crippen LogP contribution in [0.5, 0.6) is 0 Å². The van der Waals surface area contributed by atoms with Crippen molar-refractivity contribution in [2.24, 2.45) is 0 Å². The fourth-order valence-corrected chi connectivity index (χ4v) is 2.12. The van der Waals surface area contributed by atoms with Crippen LogP contribution >= 0.6 is 87.6 Å². The van der Waals surface area contributed by atoms with Gasteiger partial charge in [0.15, 0.2) is 0 Å². The summed E-state index contributed by atoms with van der Waals surface area (Å²) in [5.41, 5.74) is -0.773. The summed E-state index contributed by atoms with van der Waals surface area (Å²) in [6, 6.07) is 23.3. The number of carbonyl (C=O) groups is 3. The van der Waals surface area contributed by atoms with E-state index in [9.17, 15) is 40.7 Å². The first-order valence-electron chi connectivity index (χ1n) is 9.90. The molecule has 0 atom stereocenters. The molecule has 3 rings (SSSR count). The number of halogens is 14. The van der Waals surface area contributed by atoms with Crippen molar-refractivity contribution in [3.63, 3.8) is 0 Å². The summed E-state index contributed by atoms with van der Waals surface area (Å²) in [4.78, 5) is 30.4. The van der Waals surface area contributed by atoms with Gasteiger partial charge in [-0.1, -0.05) is 97.9 Å². The Kier molecular flexibility index (Phi) is 35.8. The van der Waals surface area contributed by atoms with Gasteiger partial charge in [-0.15, -0.1) is 12.4 Å². The van der Waals surface area contributed by atoms with E-state index in [0.717, 1.165) is 24.3 Å². The molecule has 0 N–H and O–H groups in total. The third-order valence-electron chi connectivity index (χ3n) is 3.30. The molecule has 0 unspecified atom stereocenters. The van der Waals surface area contributed by atoms with E-state index in [-0.39, 0.29) is 35.7 Å². The van der Waals surface area contributed by atoms with Crippen LogP contribution in [0.3, 0.4) is 0 Å². The van der Waals surface area contributed by atoms with Crippen molar-refractivity contribution in [2.75, 3.05) is 0 Å².